The van der Waals surface area contributed by atoms with E-state index in [2.05, 4.69) is 27.3 Å². The van der Waals surface area contributed by atoms with Crippen molar-refractivity contribution in [3.63, 3.8) is 0 Å². The third-order valence-corrected chi connectivity index (χ3v) is 4.71. The van der Waals surface area contributed by atoms with Gasteiger partial charge in [-0.25, -0.2) is 0 Å². The summed E-state index contributed by atoms with van der Waals surface area (Å²) in [6, 6.07) is 7.44. The van der Waals surface area contributed by atoms with Gasteiger partial charge in [0, 0.05) is 17.9 Å². The Morgan fingerprint density at radius 1 is 1.26 bits per heavy atom. The standard InChI is InChI=1S/C18H23BrN2O2/c1-14(22)21(12-11-15-7-3-2-4-8-15)13-18(23)20-17-10-6-5-9-16(17)19/h5-7,9-10H,2-4,8,11-13H2,1H3,(H,20,23). The summed E-state index contributed by atoms with van der Waals surface area (Å²) >= 11 is 3.40. The van der Waals surface area contributed by atoms with Crippen molar-refractivity contribution in [1.82, 2.24) is 4.90 Å². The summed E-state index contributed by atoms with van der Waals surface area (Å²) in [5.74, 6) is -0.242. The van der Waals surface area contributed by atoms with Crippen LogP contribution in [0.25, 0.3) is 0 Å². The largest absolute Gasteiger partial charge is 0.333 e. The number of nitrogens with one attached hydrogen (secondary N) is 1. The van der Waals surface area contributed by atoms with Gasteiger partial charge < -0.3 is 10.2 Å². The second kappa shape index (κ2) is 8.87. The SMILES string of the molecule is CC(=O)N(CCC1=CCCCC1)CC(=O)Nc1ccccc1Br. The van der Waals surface area contributed by atoms with Gasteiger partial charge in [0.2, 0.25) is 11.8 Å². The first kappa shape index (κ1) is 17.7. The molecule has 0 aromatic heterocycles. The van der Waals surface area contributed by atoms with Crippen LogP contribution < -0.4 is 5.32 Å². The molecule has 0 atom stereocenters. The average molecular weight is 379 g/mol. The van der Waals surface area contributed by atoms with E-state index in [1.165, 1.54) is 25.3 Å². The molecule has 23 heavy (non-hydrogen) atoms. The van der Waals surface area contributed by atoms with Crippen LogP contribution in [-0.2, 0) is 9.59 Å². The molecule has 124 valence electrons. The molecule has 0 bridgehead atoms. The smallest absolute Gasteiger partial charge is 0.244 e. The van der Waals surface area contributed by atoms with Gasteiger partial charge in [-0.1, -0.05) is 23.8 Å². The molecule has 1 aliphatic carbocycles. The van der Waals surface area contributed by atoms with Crippen molar-refractivity contribution in [2.24, 2.45) is 0 Å². The van der Waals surface area contributed by atoms with Crippen LogP contribution in [0.1, 0.15) is 39.0 Å². The lowest BCUT2D eigenvalue weighted by atomic mass is 9.97. The number of anilines is 1. The van der Waals surface area contributed by atoms with Gasteiger partial charge in [-0.3, -0.25) is 9.59 Å². The number of nitrogens with zero attached hydrogens (tertiary/aromatic N) is 1. The minimum Gasteiger partial charge on any atom is -0.333 e. The second-order valence-electron chi connectivity index (χ2n) is 5.83. The van der Waals surface area contributed by atoms with Crippen LogP contribution in [0.2, 0.25) is 0 Å². The maximum atomic E-state index is 12.2. The number of carbonyl (C=O) groups excluding carboxylic acids is 2. The average Bonchev–Trinajstić information content (AvgIpc) is 2.54. The van der Waals surface area contributed by atoms with Crippen LogP contribution in [0, 0.1) is 0 Å². The fourth-order valence-electron chi connectivity index (χ4n) is 2.68. The summed E-state index contributed by atoms with van der Waals surface area (Å²) in [5, 5.41) is 2.84. The Hall–Kier alpha value is -1.62. The summed E-state index contributed by atoms with van der Waals surface area (Å²) in [4.78, 5) is 25.6. The number of halogens is 1. The first-order valence-electron chi connectivity index (χ1n) is 8.04. The van der Waals surface area contributed by atoms with E-state index in [4.69, 9.17) is 0 Å². The molecule has 2 amide bonds. The van der Waals surface area contributed by atoms with Gasteiger partial charge in [-0.05, 0) is 60.2 Å². The molecule has 1 aliphatic rings. The Kier molecular flexibility index (Phi) is 6.84. The van der Waals surface area contributed by atoms with Crippen LogP contribution in [0.5, 0.6) is 0 Å². The molecule has 1 aromatic rings. The van der Waals surface area contributed by atoms with Crippen molar-refractivity contribution >= 4 is 33.4 Å². The third kappa shape index (κ3) is 5.82. The van der Waals surface area contributed by atoms with Crippen molar-refractivity contribution in [3.8, 4) is 0 Å². The fraction of sp³-hybridized carbons (Fsp3) is 0.444. The zero-order valence-electron chi connectivity index (χ0n) is 13.5. The van der Waals surface area contributed by atoms with Crippen LogP contribution >= 0.6 is 15.9 Å². The molecule has 0 heterocycles. The summed E-state index contributed by atoms with van der Waals surface area (Å²) in [6.07, 6.45) is 7.89. The van der Waals surface area contributed by atoms with Gasteiger partial charge in [0.25, 0.3) is 0 Å². The Bertz CT molecular complexity index is 598. The summed E-state index contributed by atoms with van der Waals surface area (Å²) in [6.45, 7) is 2.20. The monoisotopic (exact) mass is 378 g/mol. The lowest BCUT2D eigenvalue weighted by molar-refractivity contribution is -0.132. The normalized spacial score (nSPS) is 14.1. The Balaban J connectivity index is 1.88. The molecule has 1 N–H and O–H groups in total. The Morgan fingerprint density at radius 2 is 2.04 bits per heavy atom. The number of amides is 2. The van der Waals surface area contributed by atoms with E-state index in [1.807, 2.05) is 24.3 Å². The molecule has 5 heteroatoms. The van der Waals surface area contributed by atoms with Gasteiger partial charge in [0.05, 0.1) is 12.2 Å². The quantitative estimate of drug-likeness (QED) is 0.756. The third-order valence-electron chi connectivity index (χ3n) is 4.02. The van der Waals surface area contributed by atoms with Crippen molar-refractivity contribution in [2.75, 3.05) is 18.4 Å². The topological polar surface area (TPSA) is 49.4 Å². The molecule has 2 rings (SSSR count). The predicted octanol–water partition coefficient (Wildman–Crippen LogP) is 4.13. The van der Waals surface area contributed by atoms with E-state index in [9.17, 15) is 9.59 Å². The number of benzene rings is 1. The van der Waals surface area contributed by atoms with E-state index >= 15 is 0 Å². The zero-order valence-corrected chi connectivity index (χ0v) is 15.1. The van der Waals surface area contributed by atoms with Gasteiger partial charge in [-0.2, -0.15) is 0 Å². The molecule has 0 aliphatic heterocycles. The van der Waals surface area contributed by atoms with E-state index in [0.717, 1.165) is 29.4 Å². The van der Waals surface area contributed by atoms with Crippen LogP contribution in [0.3, 0.4) is 0 Å². The van der Waals surface area contributed by atoms with Crippen LogP contribution in [0.4, 0.5) is 5.69 Å². The van der Waals surface area contributed by atoms with Crippen molar-refractivity contribution in [3.05, 3.63) is 40.4 Å². The van der Waals surface area contributed by atoms with Gasteiger partial charge in [0.1, 0.15) is 0 Å². The molecule has 0 unspecified atom stereocenters. The minimum absolute atomic E-state index is 0.0660. The molecule has 0 saturated heterocycles. The van der Waals surface area contributed by atoms with Crippen LogP contribution in [-0.4, -0.2) is 29.8 Å². The summed E-state index contributed by atoms with van der Waals surface area (Å²) < 4.78 is 0.829. The van der Waals surface area contributed by atoms with Crippen LogP contribution in [0.15, 0.2) is 40.4 Å². The fourth-order valence-corrected chi connectivity index (χ4v) is 3.07. The van der Waals surface area contributed by atoms with Crippen molar-refractivity contribution in [2.45, 2.75) is 39.0 Å². The highest BCUT2D eigenvalue weighted by Gasteiger charge is 2.15. The maximum Gasteiger partial charge on any atom is 0.244 e. The van der Waals surface area contributed by atoms with Gasteiger partial charge in [0.15, 0.2) is 0 Å². The number of rotatable bonds is 6. The highest BCUT2D eigenvalue weighted by atomic mass is 79.9. The number of para-hydroxylation sites is 1. The van der Waals surface area contributed by atoms with E-state index in [1.54, 1.807) is 4.90 Å². The van der Waals surface area contributed by atoms with Gasteiger partial charge >= 0.3 is 0 Å². The lowest BCUT2D eigenvalue weighted by Gasteiger charge is -2.22. The molecule has 0 saturated carbocycles. The minimum atomic E-state index is -0.176. The Morgan fingerprint density at radius 3 is 2.70 bits per heavy atom. The number of hydrogen-bond donors (Lipinski definition) is 1. The highest BCUT2D eigenvalue weighted by molar-refractivity contribution is 9.10. The summed E-state index contributed by atoms with van der Waals surface area (Å²) in [7, 11) is 0. The second-order valence-corrected chi connectivity index (χ2v) is 6.68. The number of hydrogen-bond acceptors (Lipinski definition) is 2. The van der Waals surface area contributed by atoms with E-state index in [-0.39, 0.29) is 18.4 Å². The lowest BCUT2D eigenvalue weighted by Crippen LogP contribution is -2.37. The first-order valence-corrected chi connectivity index (χ1v) is 8.83. The first-order chi connectivity index (χ1) is 11.1. The van der Waals surface area contributed by atoms with Crippen molar-refractivity contribution in [1.29, 1.82) is 0 Å². The maximum absolute atomic E-state index is 12.2. The van der Waals surface area contributed by atoms with Gasteiger partial charge in [-0.15, -0.1) is 0 Å². The molecule has 0 spiro atoms. The summed E-state index contributed by atoms with van der Waals surface area (Å²) in [5.41, 5.74) is 2.13. The molecular weight excluding hydrogens is 356 g/mol. The number of carbonyl (C=O) groups is 2. The molecule has 0 radical (unpaired) electrons. The Labute approximate surface area is 146 Å². The molecule has 4 nitrogen and oxygen atoms in total. The van der Waals surface area contributed by atoms with Crippen molar-refractivity contribution < 1.29 is 9.59 Å². The predicted molar refractivity (Wildman–Crippen MR) is 96.2 cm³/mol. The van der Waals surface area contributed by atoms with E-state index < -0.39 is 0 Å². The highest BCUT2D eigenvalue weighted by Crippen LogP contribution is 2.22. The molecule has 1 aromatic carbocycles. The molecule has 0 fully saturated rings. The van der Waals surface area contributed by atoms with E-state index in [0.29, 0.717) is 6.54 Å². The number of allylic oxidation sites excluding steroid dienone is 1. The molecular formula is C18H23BrN2O2. The zero-order chi connectivity index (χ0) is 16.7.